The molecule has 0 saturated carbocycles. The summed E-state index contributed by atoms with van der Waals surface area (Å²) in [5, 5.41) is 4.39. The Hall–Kier alpha value is -1.50. The fourth-order valence-corrected chi connectivity index (χ4v) is 3.20. The number of halogens is 2. The Morgan fingerprint density at radius 1 is 1.33 bits per heavy atom. The first-order valence-corrected chi connectivity index (χ1v) is 9.13. The molecule has 0 aromatic heterocycles. The maximum absolute atomic E-state index is 12.1. The molecule has 0 radical (unpaired) electrons. The third-order valence-electron chi connectivity index (χ3n) is 3.07. The molecule has 0 spiro atoms. The lowest BCUT2D eigenvalue weighted by molar-refractivity contribution is -0.120. The number of nitrogens with zero attached hydrogens (tertiary/aromatic N) is 1. The van der Waals surface area contributed by atoms with Crippen LogP contribution in [0.4, 0.5) is 0 Å². The minimum absolute atomic E-state index is 0.180. The minimum Gasteiger partial charge on any atom is -0.496 e. The zero-order valence-corrected chi connectivity index (χ0v) is 16.3. The van der Waals surface area contributed by atoms with Crippen molar-refractivity contribution in [2.45, 2.75) is 17.1 Å². The predicted octanol–water partition coefficient (Wildman–Crippen LogP) is 4.74. The molecule has 1 atom stereocenters. The number of carbonyl (C=O) groups excluding carboxylic acids is 1. The van der Waals surface area contributed by atoms with Crippen LogP contribution in [-0.4, -0.2) is 24.5 Å². The number of rotatable bonds is 6. The van der Waals surface area contributed by atoms with Gasteiger partial charge >= 0.3 is 0 Å². The third kappa shape index (κ3) is 5.54. The average Bonchev–Trinajstić information content (AvgIpc) is 2.57. The van der Waals surface area contributed by atoms with Crippen molar-refractivity contribution in [2.75, 3.05) is 7.11 Å². The number of methoxy groups -OCH3 is 1. The fraction of sp³-hybridized carbons (Fsp3) is 0.176. The molecular weight excluding hydrogens is 412 g/mol. The Kier molecular flexibility index (Phi) is 7.15. The summed E-state index contributed by atoms with van der Waals surface area (Å²) >= 11 is 10.7. The van der Waals surface area contributed by atoms with Crippen molar-refractivity contribution < 1.29 is 9.53 Å². The van der Waals surface area contributed by atoms with E-state index in [9.17, 15) is 4.79 Å². The van der Waals surface area contributed by atoms with Gasteiger partial charge in [-0.2, -0.15) is 5.10 Å². The topological polar surface area (TPSA) is 50.7 Å². The van der Waals surface area contributed by atoms with E-state index in [0.717, 1.165) is 14.9 Å². The number of hydrogen-bond acceptors (Lipinski definition) is 4. The van der Waals surface area contributed by atoms with Gasteiger partial charge in [-0.25, -0.2) is 5.43 Å². The Bertz CT molecular complexity index is 738. The standard InChI is InChI=1S/C17H16BrClN2O2S/c1-11(24-15-6-4-14(19)5-7-15)17(22)21-20-10-12-9-13(18)3-8-16(12)23-2/h3-11H,1-2H3,(H,21,22)/b20-10-/t11-/m0/s1. The second-order valence-electron chi connectivity index (χ2n) is 4.83. The second-order valence-corrected chi connectivity index (χ2v) is 7.60. The molecule has 0 unspecified atom stereocenters. The van der Waals surface area contributed by atoms with Gasteiger partial charge in [-0.1, -0.05) is 27.5 Å². The van der Waals surface area contributed by atoms with Crippen LogP contribution in [0.15, 0.2) is 56.9 Å². The lowest BCUT2D eigenvalue weighted by Gasteiger charge is -2.09. The summed E-state index contributed by atoms with van der Waals surface area (Å²) in [5.41, 5.74) is 3.31. The van der Waals surface area contributed by atoms with Gasteiger partial charge in [0.1, 0.15) is 5.75 Å². The largest absolute Gasteiger partial charge is 0.496 e. The SMILES string of the molecule is COc1ccc(Br)cc1/C=N\NC(=O)[C@H](C)Sc1ccc(Cl)cc1. The number of benzene rings is 2. The average molecular weight is 428 g/mol. The van der Waals surface area contributed by atoms with Crippen LogP contribution in [0.5, 0.6) is 5.75 Å². The molecule has 7 heteroatoms. The number of carbonyl (C=O) groups is 1. The van der Waals surface area contributed by atoms with Crippen molar-refractivity contribution >= 4 is 51.4 Å². The first-order valence-electron chi connectivity index (χ1n) is 7.08. The van der Waals surface area contributed by atoms with E-state index in [1.807, 2.05) is 37.3 Å². The third-order valence-corrected chi connectivity index (χ3v) is 4.92. The van der Waals surface area contributed by atoms with Gasteiger partial charge in [-0.15, -0.1) is 11.8 Å². The van der Waals surface area contributed by atoms with Gasteiger partial charge in [0.25, 0.3) is 5.91 Å². The Morgan fingerprint density at radius 3 is 2.71 bits per heavy atom. The van der Waals surface area contributed by atoms with Crippen LogP contribution >= 0.6 is 39.3 Å². The van der Waals surface area contributed by atoms with Crippen LogP contribution in [0, 0.1) is 0 Å². The van der Waals surface area contributed by atoms with Gasteiger partial charge in [0.2, 0.25) is 0 Å². The molecule has 0 aliphatic rings. The number of hydrogen-bond donors (Lipinski definition) is 1. The van der Waals surface area contributed by atoms with E-state index >= 15 is 0 Å². The molecule has 2 aromatic carbocycles. The van der Waals surface area contributed by atoms with Gasteiger partial charge in [0.05, 0.1) is 18.6 Å². The molecule has 1 N–H and O–H groups in total. The van der Waals surface area contributed by atoms with Crippen LogP contribution in [0.3, 0.4) is 0 Å². The molecule has 0 bridgehead atoms. The van der Waals surface area contributed by atoms with Crippen LogP contribution in [0.1, 0.15) is 12.5 Å². The zero-order valence-electron chi connectivity index (χ0n) is 13.1. The quantitative estimate of drug-likeness (QED) is 0.411. The molecule has 2 aromatic rings. The van der Waals surface area contributed by atoms with E-state index in [0.29, 0.717) is 10.8 Å². The molecule has 0 saturated heterocycles. The van der Waals surface area contributed by atoms with Crippen molar-refractivity contribution in [1.29, 1.82) is 0 Å². The normalized spacial score (nSPS) is 12.2. The van der Waals surface area contributed by atoms with E-state index in [1.54, 1.807) is 25.5 Å². The van der Waals surface area contributed by atoms with Crippen molar-refractivity contribution in [3.8, 4) is 5.75 Å². The molecule has 1 amide bonds. The number of hydrazone groups is 1. The maximum Gasteiger partial charge on any atom is 0.253 e. The number of ether oxygens (including phenoxy) is 1. The van der Waals surface area contributed by atoms with Gasteiger partial charge in [0, 0.05) is 20.0 Å². The number of amides is 1. The molecule has 24 heavy (non-hydrogen) atoms. The molecule has 2 rings (SSSR count). The molecule has 126 valence electrons. The molecule has 0 aliphatic carbocycles. The smallest absolute Gasteiger partial charge is 0.253 e. The molecule has 0 aliphatic heterocycles. The Balaban J connectivity index is 1.94. The zero-order chi connectivity index (χ0) is 17.5. The Morgan fingerprint density at radius 2 is 2.04 bits per heavy atom. The minimum atomic E-state index is -0.285. The predicted molar refractivity (Wildman–Crippen MR) is 103 cm³/mol. The summed E-state index contributed by atoms with van der Waals surface area (Å²) in [5.74, 6) is 0.500. The maximum atomic E-state index is 12.1. The van der Waals surface area contributed by atoms with Crippen molar-refractivity contribution in [3.05, 3.63) is 57.5 Å². The van der Waals surface area contributed by atoms with E-state index in [-0.39, 0.29) is 11.2 Å². The first kappa shape index (κ1) is 18.8. The van der Waals surface area contributed by atoms with E-state index in [4.69, 9.17) is 16.3 Å². The van der Waals surface area contributed by atoms with E-state index < -0.39 is 0 Å². The summed E-state index contributed by atoms with van der Waals surface area (Å²) < 4.78 is 6.16. The molecule has 4 nitrogen and oxygen atoms in total. The highest BCUT2D eigenvalue weighted by molar-refractivity contribution is 9.10. The van der Waals surface area contributed by atoms with Crippen LogP contribution in [0.2, 0.25) is 5.02 Å². The van der Waals surface area contributed by atoms with Gasteiger partial charge in [-0.3, -0.25) is 4.79 Å². The second kappa shape index (κ2) is 9.11. The lowest BCUT2D eigenvalue weighted by atomic mass is 10.2. The van der Waals surface area contributed by atoms with Gasteiger partial charge in [0.15, 0.2) is 0 Å². The fourth-order valence-electron chi connectivity index (χ4n) is 1.83. The Labute approximate surface area is 158 Å². The van der Waals surface area contributed by atoms with E-state index in [1.165, 1.54) is 11.8 Å². The van der Waals surface area contributed by atoms with Gasteiger partial charge in [-0.05, 0) is 49.4 Å². The highest BCUT2D eigenvalue weighted by Crippen LogP contribution is 2.25. The molecule has 0 heterocycles. The van der Waals surface area contributed by atoms with Crippen LogP contribution < -0.4 is 10.2 Å². The highest BCUT2D eigenvalue weighted by atomic mass is 79.9. The summed E-state index contributed by atoms with van der Waals surface area (Å²) in [4.78, 5) is 13.1. The van der Waals surface area contributed by atoms with Crippen LogP contribution in [0.25, 0.3) is 0 Å². The summed E-state index contributed by atoms with van der Waals surface area (Å²) in [6, 6.07) is 12.9. The lowest BCUT2D eigenvalue weighted by Crippen LogP contribution is -2.26. The van der Waals surface area contributed by atoms with Crippen molar-refractivity contribution in [1.82, 2.24) is 5.43 Å². The van der Waals surface area contributed by atoms with Gasteiger partial charge < -0.3 is 4.74 Å². The van der Waals surface area contributed by atoms with E-state index in [2.05, 4.69) is 26.5 Å². The highest BCUT2D eigenvalue weighted by Gasteiger charge is 2.13. The summed E-state index contributed by atoms with van der Waals surface area (Å²) in [6.45, 7) is 1.82. The van der Waals surface area contributed by atoms with Crippen LogP contribution in [-0.2, 0) is 4.79 Å². The number of nitrogens with one attached hydrogen (secondary N) is 1. The summed E-state index contributed by atoms with van der Waals surface area (Å²) in [7, 11) is 1.59. The monoisotopic (exact) mass is 426 g/mol. The first-order chi connectivity index (χ1) is 11.5. The summed E-state index contributed by atoms with van der Waals surface area (Å²) in [6.07, 6.45) is 1.56. The van der Waals surface area contributed by atoms with Crippen molar-refractivity contribution in [3.63, 3.8) is 0 Å². The molecule has 0 fully saturated rings. The number of thioether (sulfide) groups is 1. The molecular formula is C17H16BrClN2O2S. The van der Waals surface area contributed by atoms with Crippen molar-refractivity contribution in [2.24, 2.45) is 5.10 Å².